The van der Waals surface area contributed by atoms with E-state index in [2.05, 4.69) is 13.2 Å². The summed E-state index contributed by atoms with van der Waals surface area (Å²) in [5.41, 5.74) is 2.71. The number of esters is 2. The van der Waals surface area contributed by atoms with Gasteiger partial charge in [0, 0.05) is 10.8 Å². The van der Waals surface area contributed by atoms with Gasteiger partial charge in [0.05, 0.1) is 11.1 Å². The first-order valence-electron chi connectivity index (χ1n) is 12.4. The van der Waals surface area contributed by atoms with Gasteiger partial charge in [-0.3, -0.25) is 0 Å². The van der Waals surface area contributed by atoms with Crippen molar-refractivity contribution in [2.75, 3.05) is 0 Å². The summed E-state index contributed by atoms with van der Waals surface area (Å²) in [6.45, 7) is 7.64. The molecule has 0 saturated heterocycles. The highest BCUT2D eigenvalue weighted by molar-refractivity contribution is 6.00. The van der Waals surface area contributed by atoms with Gasteiger partial charge in [0.2, 0.25) is 0 Å². The minimum absolute atomic E-state index is 0.255. The van der Waals surface area contributed by atoms with Crippen molar-refractivity contribution in [3.8, 4) is 11.5 Å². The third kappa shape index (κ3) is 4.97. The number of ether oxygens (including phenoxy) is 2. The molecule has 0 saturated carbocycles. The summed E-state index contributed by atoms with van der Waals surface area (Å²) in [4.78, 5) is 26.2. The van der Waals surface area contributed by atoms with E-state index in [9.17, 15) is 9.59 Å². The molecule has 0 unspecified atom stereocenters. The summed E-state index contributed by atoms with van der Waals surface area (Å²) in [6.07, 6.45) is 5.11. The first-order chi connectivity index (χ1) is 18.6. The van der Waals surface area contributed by atoms with E-state index in [1.165, 1.54) is 6.07 Å². The molecule has 4 heteroatoms. The average Bonchev–Trinajstić information content (AvgIpc) is 2.96. The van der Waals surface area contributed by atoms with Crippen LogP contribution in [0, 0.1) is 0 Å². The smallest absolute Gasteiger partial charge is 0.343 e. The SMILES string of the molecule is C=CCc1ccc(OC(=O)c2cccc(C(=O)Oc3ccc(CC=C)c4ccccc34)c2)c2ccccc12. The molecular weight excluding hydrogens is 472 g/mol. The number of hydrogen-bond donors (Lipinski definition) is 0. The van der Waals surface area contributed by atoms with Gasteiger partial charge in [-0.25, -0.2) is 9.59 Å². The lowest BCUT2D eigenvalue weighted by atomic mass is 10.0. The molecule has 0 spiro atoms. The average molecular weight is 499 g/mol. The summed E-state index contributed by atoms with van der Waals surface area (Å²) in [6, 6.07) is 29.4. The largest absolute Gasteiger partial charge is 0.422 e. The second-order valence-corrected chi connectivity index (χ2v) is 8.88. The minimum atomic E-state index is -0.555. The van der Waals surface area contributed by atoms with Crippen molar-refractivity contribution in [2.24, 2.45) is 0 Å². The van der Waals surface area contributed by atoms with Gasteiger partial charge in [-0.05, 0) is 65.1 Å². The predicted octanol–water partition coefficient (Wildman–Crippen LogP) is 7.89. The predicted molar refractivity (Wildman–Crippen MR) is 152 cm³/mol. The van der Waals surface area contributed by atoms with Gasteiger partial charge in [-0.1, -0.05) is 78.9 Å². The Morgan fingerprint density at radius 3 is 1.39 bits per heavy atom. The highest BCUT2D eigenvalue weighted by Gasteiger charge is 2.17. The van der Waals surface area contributed by atoms with E-state index < -0.39 is 11.9 Å². The van der Waals surface area contributed by atoms with Crippen LogP contribution < -0.4 is 9.47 Å². The Labute approximate surface area is 221 Å². The molecule has 0 amide bonds. The van der Waals surface area contributed by atoms with E-state index in [0.29, 0.717) is 24.3 Å². The molecule has 5 aromatic rings. The second-order valence-electron chi connectivity index (χ2n) is 8.88. The molecule has 38 heavy (non-hydrogen) atoms. The van der Waals surface area contributed by atoms with E-state index in [1.54, 1.807) is 30.3 Å². The zero-order valence-electron chi connectivity index (χ0n) is 20.9. The van der Waals surface area contributed by atoms with Gasteiger partial charge in [-0.15, -0.1) is 13.2 Å². The van der Waals surface area contributed by atoms with Crippen LogP contribution in [0.3, 0.4) is 0 Å². The topological polar surface area (TPSA) is 52.6 Å². The van der Waals surface area contributed by atoms with Gasteiger partial charge < -0.3 is 9.47 Å². The van der Waals surface area contributed by atoms with Crippen LogP contribution in [0.1, 0.15) is 31.8 Å². The molecule has 4 nitrogen and oxygen atoms in total. The highest BCUT2D eigenvalue weighted by atomic mass is 16.5. The Morgan fingerprint density at radius 1 is 0.553 bits per heavy atom. The van der Waals surface area contributed by atoms with Crippen LogP contribution in [0.4, 0.5) is 0 Å². The standard InChI is InChI=1S/C34H26O4/c1-3-10-23-18-20-31(29-16-7-5-14-27(23)29)37-33(35)25-12-9-13-26(22-25)34(36)38-32-21-19-24(11-4-2)28-15-6-8-17-30(28)32/h3-9,12-22H,1-2,10-11H2. The molecule has 5 aromatic carbocycles. The Balaban J connectivity index is 1.39. The van der Waals surface area contributed by atoms with E-state index in [-0.39, 0.29) is 11.1 Å². The van der Waals surface area contributed by atoms with Gasteiger partial charge in [-0.2, -0.15) is 0 Å². The Bertz CT molecular complexity index is 1570. The fraction of sp³-hybridized carbons (Fsp3) is 0.0588. The van der Waals surface area contributed by atoms with Crippen LogP contribution in [0.15, 0.2) is 122 Å². The molecule has 0 aromatic heterocycles. The van der Waals surface area contributed by atoms with E-state index in [4.69, 9.17) is 9.47 Å². The highest BCUT2D eigenvalue weighted by Crippen LogP contribution is 2.31. The maximum absolute atomic E-state index is 13.1. The summed E-state index contributed by atoms with van der Waals surface area (Å²) < 4.78 is 11.5. The zero-order valence-corrected chi connectivity index (χ0v) is 20.9. The van der Waals surface area contributed by atoms with Gasteiger partial charge in [0.15, 0.2) is 0 Å². The summed E-state index contributed by atoms with van der Waals surface area (Å²) in [5, 5.41) is 3.67. The molecular formula is C34H26O4. The first kappa shape index (κ1) is 24.7. The first-order valence-corrected chi connectivity index (χ1v) is 12.4. The van der Waals surface area contributed by atoms with Crippen LogP contribution >= 0.6 is 0 Å². The van der Waals surface area contributed by atoms with Crippen molar-refractivity contribution in [1.82, 2.24) is 0 Å². The fourth-order valence-corrected chi connectivity index (χ4v) is 4.60. The molecule has 0 atom stereocenters. The minimum Gasteiger partial charge on any atom is -0.422 e. The third-order valence-corrected chi connectivity index (χ3v) is 6.42. The van der Waals surface area contributed by atoms with Crippen LogP contribution in [-0.4, -0.2) is 11.9 Å². The number of hydrogen-bond acceptors (Lipinski definition) is 4. The lowest BCUT2D eigenvalue weighted by molar-refractivity contribution is 0.0737. The molecule has 0 aliphatic carbocycles. The summed E-state index contributed by atoms with van der Waals surface area (Å²) in [5.74, 6) is -0.198. The number of carbonyl (C=O) groups excluding carboxylic acids is 2. The van der Waals surface area contributed by atoms with E-state index >= 15 is 0 Å². The quantitative estimate of drug-likeness (QED) is 0.124. The molecule has 0 N–H and O–H groups in total. The maximum atomic E-state index is 13.1. The molecule has 0 bridgehead atoms. The number of benzene rings is 5. The van der Waals surface area contributed by atoms with E-state index in [0.717, 1.165) is 32.7 Å². The molecule has 0 heterocycles. The molecule has 0 aliphatic rings. The van der Waals surface area contributed by atoms with Crippen LogP contribution in [0.2, 0.25) is 0 Å². The number of fused-ring (bicyclic) bond motifs is 2. The van der Waals surface area contributed by atoms with Crippen LogP contribution in [-0.2, 0) is 12.8 Å². The number of rotatable bonds is 8. The molecule has 0 aliphatic heterocycles. The Kier molecular flexibility index (Phi) is 7.14. The molecule has 0 fully saturated rings. The summed E-state index contributed by atoms with van der Waals surface area (Å²) >= 11 is 0. The molecule has 5 rings (SSSR count). The lowest BCUT2D eigenvalue weighted by Crippen LogP contribution is -2.13. The maximum Gasteiger partial charge on any atom is 0.343 e. The molecule has 0 radical (unpaired) electrons. The fourth-order valence-electron chi connectivity index (χ4n) is 4.60. The second kappa shape index (κ2) is 11.0. The monoisotopic (exact) mass is 498 g/mol. The normalized spacial score (nSPS) is 10.7. The van der Waals surface area contributed by atoms with Crippen molar-refractivity contribution in [1.29, 1.82) is 0 Å². The van der Waals surface area contributed by atoms with Crippen molar-refractivity contribution >= 4 is 33.5 Å². The van der Waals surface area contributed by atoms with Crippen LogP contribution in [0.25, 0.3) is 21.5 Å². The lowest BCUT2D eigenvalue weighted by Gasteiger charge is -2.12. The number of carbonyl (C=O) groups is 2. The van der Waals surface area contributed by atoms with Crippen molar-refractivity contribution in [2.45, 2.75) is 12.8 Å². The Morgan fingerprint density at radius 2 is 0.974 bits per heavy atom. The van der Waals surface area contributed by atoms with Crippen LogP contribution in [0.5, 0.6) is 11.5 Å². The van der Waals surface area contributed by atoms with Gasteiger partial charge >= 0.3 is 11.9 Å². The third-order valence-electron chi connectivity index (χ3n) is 6.42. The molecule has 186 valence electrons. The van der Waals surface area contributed by atoms with Crippen molar-refractivity contribution < 1.29 is 19.1 Å². The van der Waals surface area contributed by atoms with Crippen molar-refractivity contribution in [3.63, 3.8) is 0 Å². The Hall–Kier alpha value is -4.96. The zero-order chi connectivity index (χ0) is 26.5. The number of allylic oxidation sites excluding steroid dienone is 2. The van der Waals surface area contributed by atoms with Gasteiger partial charge in [0.25, 0.3) is 0 Å². The van der Waals surface area contributed by atoms with Crippen molar-refractivity contribution in [3.05, 3.63) is 145 Å². The summed E-state index contributed by atoms with van der Waals surface area (Å²) in [7, 11) is 0. The van der Waals surface area contributed by atoms with E-state index in [1.807, 2.05) is 72.8 Å². The van der Waals surface area contributed by atoms with Gasteiger partial charge in [0.1, 0.15) is 11.5 Å².